The molecule has 0 radical (unpaired) electrons. The van der Waals surface area contributed by atoms with Crippen LogP contribution in [0.25, 0.3) is 0 Å². The Morgan fingerprint density at radius 1 is 0.973 bits per heavy atom. The van der Waals surface area contributed by atoms with E-state index in [4.69, 9.17) is 0 Å². The van der Waals surface area contributed by atoms with E-state index in [9.17, 15) is 49.1 Å². The predicted octanol–water partition coefficient (Wildman–Crippen LogP) is 4.49. The number of nitrogens with zero attached hydrogens (tertiary/aromatic N) is 3. The van der Waals surface area contributed by atoms with E-state index < -0.39 is 58.9 Å². The predicted molar refractivity (Wildman–Crippen MR) is 110 cm³/mol. The van der Waals surface area contributed by atoms with Crippen molar-refractivity contribution in [3.8, 4) is 0 Å². The monoisotopic (exact) mass is 539 g/mol. The zero-order valence-electron chi connectivity index (χ0n) is 18.3. The van der Waals surface area contributed by atoms with Crippen molar-refractivity contribution in [2.75, 3.05) is 5.32 Å². The molecule has 1 atom stereocenters. The van der Waals surface area contributed by atoms with Gasteiger partial charge in [0, 0.05) is 18.9 Å². The van der Waals surface area contributed by atoms with Crippen LogP contribution in [0.2, 0.25) is 0 Å². The molecule has 0 saturated carbocycles. The van der Waals surface area contributed by atoms with Crippen LogP contribution in [0.5, 0.6) is 0 Å². The van der Waals surface area contributed by atoms with Crippen molar-refractivity contribution in [3.63, 3.8) is 0 Å². The minimum atomic E-state index is -6.42. The molecule has 2 aromatic rings. The first-order valence-corrected chi connectivity index (χ1v) is 9.92. The smallest absolute Gasteiger partial charge is 0.341 e. The highest BCUT2D eigenvalue weighted by molar-refractivity contribution is 6.05. The second-order valence-corrected chi connectivity index (χ2v) is 7.44. The van der Waals surface area contributed by atoms with Crippen LogP contribution < -0.4 is 10.6 Å². The van der Waals surface area contributed by atoms with Crippen LogP contribution in [0.1, 0.15) is 21.7 Å². The van der Waals surface area contributed by atoms with Crippen molar-refractivity contribution in [1.29, 1.82) is 0 Å². The molecule has 1 aliphatic rings. The SMILES string of the molecule is Cn1nc(C(F)(F)C(F)(F)F)c(C(F)(F)F)c1C(=O)NC1C=CC=NC(C(=O)Nc2ccc(F)cc2)=C1. The molecule has 3 rings (SSSR count). The lowest BCUT2D eigenvalue weighted by atomic mass is 10.1. The number of hydrogen-bond donors (Lipinski definition) is 2. The number of carbonyl (C=O) groups excluding carboxylic acids is 2. The van der Waals surface area contributed by atoms with E-state index in [0.717, 1.165) is 30.5 Å². The van der Waals surface area contributed by atoms with E-state index in [0.29, 0.717) is 7.05 Å². The number of amides is 2. The Morgan fingerprint density at radius 2 is 1.59 bits per heavy atom. The number of allylic oxidation sites excluding steroid dienone is 1. The van der Waals surface area contributed by atoms with Gasteiger partial charge in [-0.05, 0) is 36.4 Å². The van der Waals surface area contributed by atoms with Gasteiger partial charge in [0.2, 0.25) is 0 Å². The maximum Gasteiger partial charge on any atom is 0.459 e. The summed E-state index contributed by atoms with van der Waals surface area (Å²) in [5.74, 6) is -9.18. The van der Waals surface area contributed by atoms with Crippen LogP contribution in [-0.2, 0) is 23.9 Å². The molecule has 16 heteroatoms. The van der Waals surface area contributed by atoms with E-state index >= 15 is 0 Å². The summed E-state index contributed by atoms with van der Waals surface area (Å²) < 4.78 is 120. The van der Waals surface area contributed by atoms with E-state index in [2.05, 4.69) is 15.4 Å². The molecule has 7 nitrogen and oxygen atoms in total. The summed E-state index contributed by atoms with van der Waals surface area (Å²) >= 11 is 0. The van der Waals surface area contributed by atoms with Crippen molar-refractivity contribution < 1.29 is 49.1 Å². The van der Waals surface area contributed by atoms with Gasteiger partial charge in [-0.1, -0.05) is 6.08 Å². The zero-order valence-corrected chi connectivity index (χ0v) is 18.3. The van der Waals surface area contributed by atoms with Crippen LogP contribution in [0, 0.1) is 5.82 Å². The molecule has 1 aliphatic heterocycles. The molecular formula is C21H14F9N5O2. The third-order valence-corrected chi connectivity index (χ3v) is 4.79. The fourth-order valence-corrected chi connectivity index (χ4v) is 3.14. The average molecular weight is 539 g/mol. The van der Waals surface area contributed by atoms with Crippen molar-refractivity contribution in [2.24, 2.45) is 12.0 Å². The number of benzene rings is 1. The number of carbonyl (C=O) groups is 2. The Morgan fingerprint density at radius 3 is 2.16 bits per heavy atom. The van der Waals surface area contributed by atoms with Gasteiger partial charge in [0.1, 0.15) is 22.8 Å². The Labute approximate surface area is 201 Å². The minimum absolute atomic E-state index is 0.0457. The minimum Gasteiger partial charge on any atom is -0.341 e. The molecule has 1 aromatic heterocycles. The third kappa shape index (κ3) is 5.83. The third-order valence-electron chi connectivity index (χ3n) is 4.79. The van der Waals surface area contributed by atoms with E-state index in [1.165, 1.54) is 18.2 Å². The summed E-state index contributed by atoms with van der Waals surface area (Å²) in [7, 11) is 0.587. The fourth-order valence-electron chi connectivity index (χ4n) is 3.14. The number of aryl methyl sites for hydroxylation is 1. The van der Waals surface area contributed by atoms with Crippen LogP contribution in [0.4, 0.5) is 45.2 Å². The summed E-state index contributed by atoms with van der Waals surface area (Å²) in [5.41, 5.74) is -7.07. The standard InChI is InChI=1S/C21H14F9N5O2/c1-35-15(14(20(25,26)27)16(34-35)19(23,24)21(28,29)30)18(37)33-12-3-2-8-31-13(9-12)17(36)32-11-6-4-10(22)5-7-11/h2-9,12H,1H3,(H,32,36)(H,33,37). The highest BCUT2D eigenvalue weighted by atomic mass is 19.4. The first-order valence-electron chi connectivity index (χ1n) is 9.92. The summed E-state index contributed by atoms with van der Waals surface area (Å²) in [6, 6.07) is 3.19. The normalized spacial score (nSPS) is 16.3. The number of nitrogens with one attached hydrogen (secondary N) is 2. The Hall–Kier alpha value is -4.11. The topological polar surface area (TPSA) is 88.4 Å². The van der Waals surface area contributed by atoms with Crippen LogP contribution in [0.15, 0.2) is 53.2 Å². The fraction of sp³-hybridized carbons (Fsp3) is 0.238. The molecule has 2 amide bonds. The van der Waals surface area contributed by atoms with Gasteiger partial charge in [0.15, 0.2) is 5.69 Å². The van der Waals surface area contributed by atoms with Crippen molar-refractivity contribution >= 4 is 23.7 Å². The molecule has 0 aliphatic carbocycles. The first kappa shape index (κ1) is 27.5. The van der Waals surface area contributed by atoms with Crippen LogP contribution >= 0.6 is 0 Å². The van der Waals surface area contributed by atoms with Gasteiger partial charge in [-0.3, -0.25) is 19.3 Å². The highest BCUT2D eigenvalue weighted by Crippen LogP contribution is 2.48. The summed E-state index contributed by atoms with van der Waals surface area (Å²) in [6.07, 6.45) is -7.83. The van der Waals surface area contributed by atoms with Crippen molar-refractivity contribution in [1.82, 2.24) is 15.1 Å². The molecular weight excluding hydrogens is 525 g/mol. The lowest BCUT2D eigenvalue weighted by Crippen LogP contribution is -2.37. The quantitative estimate of drug-likeness (QED) is 0.549. The molecule has 2 N–H and O–H groups in total. The number of aromatic nitrogens is 2. The second kappa shape index (κ2) is 9.74. The Kier molecular flexibility index (Phi) is 7.23. The van der Waals surface area contributed by atoms with E-state index in [1.54, 1.807) is 0 Å². The summed E-state index contributed by atoms with van der Waals surface area (Å²) in [6.45, 7) is 0. The number of rotatable bonds is 5. The number of aliphatic imine (C=N–C) groups is 1. The lowest BCUT2D eigenvalue weighted by Gasteiger charge is -2.20. The zero-order chi connectivity index (χ0) is 27.8. The van der Waals surface area contributed by atoms with Gasteiger partial charge in [-0.15, -0.1) is 0 Å². The maximum absolute atomic E-state index is 13.8. The molecule has 0 fully saturated rings. The van der Waals surface area contributed by atoms with Gasteiger partial charge in [-0.2, -0.15) is 40.2 Å². The van der Waals surface area contributed by atoms with Gasteiger partial charge in [0.25, 0.3) is 11.8 Å². The molecule has 0 spiro atoms. The van der Waals surface area contributed by atoms with Crippen LogP contribution in [-0.4, -0.2) is 40.0 Å². The molecule has 198 valence electrons. The lowest BCUT2D eigenvalue weighted by molar-refractivity contribution is -0.292. The maximum atomic E-state index is 13.8. The van der Waals surface area contributed by atoms with E-state index in [1.807, 2.05) is 5.32 Å². The largest absolute Gasteiger partial charge is 0.459 e. The first-order chi connectivity index (χ1) is 17.0. The second-order valence-electron chi connectivity index (χ2n) is 7.44. The Bertz CT molecular complexity index is 1290. The highest BCUT2D eigenvalue weighted by Gasteiger charge is 2.64. The Balaban J connectivity index is 1.93. The molecule has 0 saturated heterocycles. The average Bonchev–Trinajstić information content (AvgIpc) is 2.98. The number of alkyl halides is 8. The molecule has 1 unspecified atom stereocenters. The number of anilines is 1. The molecule has 1 aromatic carbocycles. The molecule has 37 heavy (non-hydrogen) atoms. The van der Waals surface area contributed by atoms with Crippen molar-refractivity contribution in [3.05, 3.63) is 71.0 Å². The molecule has 2 heterocycles. The molecule has 0 bridgehead atoms. The van der Waals surface area contributed by atoms with Gasteiger partial charge in [0.05, 0.1) is 6.04 Å². The van der Waals surface area contributed by atoms with Crippen molar-refractivity contribution in [2.45, 2.75) is 24.3 Å². The van der Waals surface area contributed by atoms with Gasteiger partial charge >= 0.3 is 18.3 Å². The summed E-state index contributed by atoms with van der Waals surface area (Å²) in [5, 5.41) is 7.01. The summed E-state index contributed by atoms with van der Waals surface area (Å²) in [4.78, 5) is 28.9. The van der Waals surface area contributed by atoms with Gasteiger partial charge in [-0.25, -0.2) is 4.39 Å². The van der Waals surface area contributed by atoms with E-state index in [-0.39, 0.29) is 16.1 Å². The number of halogens is 9. The van der Waals surface area contributed by atoms with Crippen LogP contribution in [0.3, 0.4) is 0 Å². The number of hydrogen-bond acceptors (Lipinski definition) is 4. The van der Waals surface area contributed by atoms with Gasteiger partial charge < -0.3 is 10.6 Å².